The van der Waals surface area contributed by atoms with Gasteiger partial charge in [-0.2, -0.15) is 0 Å². The van der Waals surface area contributed by atoms with E-state index in [0.29, 0.717) is 24.4 Å². The number of carbonyl (C=O) groups excluding carboxylic acids is 1. The lowest BCUT2D eigenvalue weighted by molar-refractivity contribution is -0.132. The Morgan fingerprint density at radius 3 is 2.71 bits per heavy atom. The zero-order chi connectivity index (χ0) is 13.8. The highest BCUT2D eigenvalue weighted by Crippen LogP contribution is 2.23. The molecule has 0 radical (unpaired) electrons. The maximum absolute atomic E-state index is 12.5. The first-order chi connectivity index (χ1) is 9.83. The molecule has 1 aromatic carbocycles. The van der Waals surface area contributed by atoms with Crippen LogP contribution in [-0.4, -0.2) is 36.0 Å². The molecule has 0 aromatic heterocycles. The SMILES string of the molecule is Cl.O=C(CC1CCCN1)N1CCCC1Cc1ccccc1. The van der Waals surface area contributed by atoms with Gasteiger partial charge in [0.2, 0.25) is 5.91 Å². The maximum Gasteiger partial charge on any atom is 0.224 e. The van der Waals surface area contributed by atoms with Crippen molar-refractivity contribution in [3.8, 4) is 0 Å². The average molecular weight is 309 g/mol. The minimum Gasteiger partial charge on any atom is -0.339 e. The molecular formula is C17H25ClN2O. The number of carbonyl (C=O) groups is 1. The van der Waals surface area contributed by atoms with E-state index in [1.807, 2.05) is 6.07 Å². The molecule has 21 heavy (non-hydrogen) atoms. The Kier molecular flexibility index (Phi) is 6.07. The third-order valence-electron chi connectivity index (χ3n) is 4.60. The molecule has 0 bridgehead atoms. The number of halogens is 1. The monoisotopic (exact) mass is 308 g/mol. The van der Waals surface area contributed by atoms with Gasteiger partial charge in [-0.25, -0.2) is 0 Å². The normalized spacial score (nSPS) is 24.9. The summed E-state index contributed by atoms with van der Waals surface area (Å²) < 4.78 is 0. The van der Waals surface area contributed by atoms with Crippen molar-refractivity contribution >= 4 is 18.3 Å². The van der Waals surface area contributed by atoms with E-state index in [1.165, 1.54) is 12.0 Å². The van der Waals surface area contributed by atoms with Gasteiger partial charge in [-0.1, -0.05) is 30.3 Å². The molecule has 116 valence electrons. The number of amides is 1. The molecule has 2 heterocycles. The fraction of sp³-hybridized carbons (Fsp3) is 0.588. The van der Waals surface area contributed by atoms with Crippen LogP contribution >= 0.6 is 12.4 Å². The first-order valence-corrected chi connectivity index (χ1v) is 7.90. The van der Waals surface area contributed by atoms with E-state index >= 15 is 0 Å². The Morgan fingerprint density at radius 1 is 1.19 bits per heavy atom. The van der Waals surface area contributed by atoms with Crippen LogP contribution in [0.15, 0.2) is 30.3 Å². The number of likely N-dealkylation sites (tertiary alicyclic amines) is 1. The van der Waals surface area contributed by atoms with Crippen LogP contribution in [0.1, 0.15) is 37.7 Å². The van der Waals surface area contributed by atoms with Gasteiger partial charge in [-0.05, 0) is 44.2 Å². The zero-order valence-electron chi connectivity index (χ0n) is 12.5. The lowest BCUT2D eigenvalue weighted by atomic mass is 10.0. The fourth-order valence-electron chi connectivity index (χ4n) is 3.52. The van der Waals surface area contributed by atoms with E-state index in [-0.39, 0.29) is 12.4 Å². The molecule has 4 heteroatoms. The molecule has 3 nitrogen and oxygen atoms in total. The van der Waals surface area contributed by atoms with Crippen LogP contribution in [0.5, 0.6) is 0 Å². The first kappa shape index (κ1) is 16.3. The van der Waals surface area contributed by atoms with Crippen molar-refractivity contribution in [1.29, 1.82) is 0 Å². The van der Waals surface area contributed by atoms with Crippen molar-refractivity contribution in [2.24, 2.45) is 0 Å². The van der Waals surface area contributed by atoms with Crippen LogP contribution in [0, 0.1) is 0 Å². The lowest BCUT2D eigenvalue weighted by Crippen LogP contribution is -2.39. The molecule has 1 aromatic rings. The largest absolute Gasteiger partial charge is 0.339 e. The zero-order valence-corrected chi connectivity index (χ0v) is 13.3. The van der Waals surface area contributed by atoms with Crippen LogP contribution < -0.4 is 5.32 Å². The van der Waals surface area contributed by atoms with Gasteiger partial charge in [0.15, 0.2) is 0 Å². The quantitative estimate of drug-likeness (QED) is 0.927. The van der Waals surface area contributed by atoms with Crippen molar-refractivity contribution < 1.29 is 4.79 Å². The predicted molar refractivity (Wildman–Crippen MR) is 87.8 cm³/mol. The number of hydrogen-bond acceptors (Lipinski definition) is 2. The molecule has 2 atom stereocenters. The molecule has 3 rings (SSSR count). The van der Waals surface area contributed by atoms with Gasteiger partial charge in [0.1, 0.15) is 0 Å². The minimum atomic E-state index is 0. The smallest absolute Gasteiger partial charge is 0.224 e. The van der Waals surface area contributed by atoms with Crippen LogP contribution in [-0.2, 0) is 11.2 Å². The molecular weight excluding hydrogens is 284 g/mol. The highest BCUT2D eigenvalue weighted by Gasteiger charge is 2.30. The number of nitrogens with one attached hydrogen (secondary N) is 1. The molecule has 2 aliphatic rings. The van der Waals surface area contributed by atoms with E-state index in [1.54, 1.807) is 0 Å². The molecule has 2 saturated heterocycles. The molecule has 2 unspecified atom stereocenters. The highest BCUT2D eigenvalue weighted by molar-refractivity contribution is 5.85. The summed E-state index contributed by atoms with van der Waals surface area (Å²) in [5, 5.41) is 3.43. The van der Waals surface area contributed by atoms with Gasteiger partial charge in [0.25, 0.3) is 0 Å². The average Bonchev–Trinajstić information content (AvgIpc) is 3.11. The van der Waals surface area contributed by atoms with Crippen molar-refractivity contribution in [3.63, 3.8) is 0 Å². The van der Waals surface area contributed by atoms with Gasteiger partial charge < -0.3 is 10.2 Å². The summed E-state index contributed by atoms with van der Waals surface area (Å²) in [5.74, 6) is 0.350. The van der Waals surface area contributed by atoms with E-state index in [4.69, 9.17) is 0 Å². The van der Waals surface area contributed by atoms with Crippen LogP contribution in [0.2, 0.25) is 0 Å². The maximum atomic E-state index is 12.5. The van der Waals surface area contributed by atoms with Crippen LogP contribution in [0.4, 0.5) is 0 Å². The molecule has 2 fully saturated rings. The third-order valence-corrected chi connectivity index (χ3v) is 4.60. The van der Waals surface area contributed by atoms with Crippen LogP contribution in [0.3, 0.4) is 0 Å². The highest BCUT2D eigenvalue weighted by atomic mass is 35.5. The second-order valence-electron chi connectivity index (χ2n) is 6.07. The molecule has 0 spiro atoms. The Bertz CT molecular complexity index is 445. The second-order valence-corrected chi connectivity index (χ2v) is 6.07. The second kappa shape index (κ2) is 7.81. The molecule has 0 saturated carbocycles. The summed E-state index contributed by atoms with van der Waals surface area (Å²) in [5.41, 5.74) is 1.34. The van der Waals surface area contributed by atoms with Gasteiger partial charge in [-0.15, -0.1) is 12.4 Å². The number of nitrogens with zero attached hydrogens (tertiary/aromatic N) is 1. The van der Waals surface area contributed by atoms with E-state index < -0.39 is 0 Å². The van der Waals surface area contributed by atoms with Gasteiger partial charge in [0, 0.05) is 25.0 Å². The summed E-state index contributed by atoms with van der Waals surface area (Å²) in [4.78, 5) is 14.6. The Morgan fingerprint density at radius 2 is 2.00 bits per heavy atom. The summed E-state index contributed by atoms with van der Waals surface area (Å²) >= 11 is 0. The summed E-state index contributed by atoms with van der Waals surface area (Å²) in [6.45, 7) is 2.02. The Labute approximate surface area is 133 Å². The Hall–Kier alpha value is -1.06. The van der Waals surface area contributed by atoms with Gasteiger partial charge in [-0.3, -0.25) is 4.79 Å². The number of rotatable bonds is 4. The first-order valence-electron chi connectivity index (χ1n) is 7.90. The number of benzene rings is 1. The van der Waals surface area contributed by atoms with Crippen molar-refractivity contribution in [2.75, 3.05) is 13.1 Å². The molecule has 2 aliphatic heterocycles. The van der Waals surface area contributed by atoms with Crippen molar-refractivity contribution in [3.05, 3.63) is 35.9 Å². The van der Waals surface area contributed by atoms with Gasteiger partial charge in [0.05, 0.1) is 0 Å². The molecule has 0 aliphatic carbocycles. The van der Waals surface area contributed by atoms with Gasteiger partial charge >= 0.3 is 0 Å². The third kappa shape index (κ3) is 4.21. The lowest BCUT2D eigenvalue weighted by Gasteiger charge is -2.26. The predicted octanol–water partition coefficient (Wildman–Crippen LogP) is 2.78. The summed E-state index contributed by atoms with van der Waals surface area (Å²) in [6.07, 6.45) is 6.37. The van der Waals surface area contributed by atoms with Crippen LogP contribution in [0.25, 0.3) is 0 Å². The summed E-state index contributed by atoms with van der Waals surface area (Å²) in [6, 6.07) is 11.4. The van der Waals surface area contributed by atoms with Crippen molar-refractivity contribution in [2.45, 2.75) is 50.6 Å². The standard InChI is InChI=1S/C17H24N2O.ClH/c20-17(13-15-8-4-10-18-15)19-11-5-9-16(19)12-14-6-2-1-3-7-14;/h1-3,6-7,15-16,18H,4-5,8-13H2;1H. The van der Waals surface area contributed by atoms with E-state index in [0.717, 1.165) is 38.8 Å². The topological polar surface area (TPSA) is 32.3 Å². The molecule has 1 amide bonds. The Balaban J connectivity index is 0.00000161. The fourth-order valence-corrected chi connectivity index (χ4v) is 3.52. The minimum absolute atomic E-state index is 0. The van der Waals surface area contributed by atoms with E-state index in [9.17, 15) is 4.79 Å². The summed E-state index contributed by atoms with van der Waals surface area (Å²) in [7, 11) is 0. The van der Waals surface area contributed by atoms with Crippen molar-refractivity contribution in [1.82, 2.24) is 10.2 Å². The number of hydrogen-bond donors (Lipinski definition) is 1. The molecule has 1 N–H and O–H groups in total. The van der Waals surface area contributed by atoms with E-state index in [2.05, 4.69) is 34.5 Å².